The maximum Gasteiger partial charge on any atom is 0.122 e. The van der Waals surface area contributed by atoms with Crippen LogP contribution in [0.2, 0.25) is 0 Å². The average molecular weight is 180 g/mol. The summed E-state index contributed by atoms with van der Waals surface area (Å²) in [4.78, 5) is 0. The Labute approximate surface area is 79.2 Å². The number of para-hydroxylation sites is 1. The van der Waals surface area contributed by atoms with Gasteiger partial charge in [0.25, 0.3) is 0 Å². The molecular weight excluding hydrogens is 164 g/mol. The van der Waals surface area contributed by atoms with Crippen molar-refractivity contribution in [2.24, 2.45) is 0 Å². The van der Waals surface area contributed by atoms with Gasteiger partial charge in [0, 0.05) is 6.42 Å². The standard InChI is InChI=1S/C11H16O2/c1-3-13-11-7-5-4-6-10(11)8-9(2)12/h4-7,9,12H,3,8H2,1-2H3/t9-/m1/s1. The first-order valence-corrected chi connectivity index (χ1v) is 4.62. The smallest absolute Gasteiger partial charge is 0.122 e. The minimum Gasteiger partial charge on any atom is -0.494 e. The summed E-state index contributed by atoms with van der Waals surface area (Å²) in [5.41, 5.74) is 1.07. The third kappa shape index (κ3) is 3.07. The number of aliphatic hydroxyl groups excluding tert-OH is 1. The molecule has 0 bridgehead atoms. The van der Waals surface area contributed by atoms with Crippen molar-refractivity contribution >= 4 is 0 Å². The van der Waals surface area contributed by atoms with Gasteiger partial charge >= 0.3 is 0 Å². The molecule has 1 atom stereocenters. The Bertz CT molecular complexity index is 256. The van der Waals surface area contributed by atoms with Gasteiger partial charge in [0.1, 0.15) is 5.75 Å². The molecule has 1 aromatic rings. The Morgan fingerprint density at radius 1 is 1.38 bits per heavy atom. The second-order valence-corrected chi connectivity index (χ2v) is 3.09. The van der Waals surface area contributed by atoms with E-state index in [1.54, 1.807) is 6.92 Å². The van der Waals surface area contributed by atoms with E-state index >= 15 is 0 Å². The van der Waals surface area contributed by atoms with Crippen LogP contribution in [0.1, 0.15) is 19.4 Å². The van der Waals surface area contributed by atoms with E-state index in [0.29, 0.717) is 13.0 Å². The molecule has 0 aliphatic heterocycles. The summed E-state index contributed by atoms with van der Waals surface area (Å²) in [5, 5.41) is 9.24. The van der Waals surface area contributed by atoms with E-state index in [1.807, 2.05) is 31.2 Å². The molecule has 1 rings (SSSR count). The number of hydrogen-bond donors (Lipinski definition) is 1. The summed E-state index contributed by atoms with van der Waals surface area (Å²) in [7, 11) is 0. The van der Waals surface area contributed by atoms with Crippen LogP contribution in [0.4, 0.5) is 0 Å². The van der Waals surface area contributed by atoms with Gasteiger partial charge in [0.15, 0.2) is 0 Å². The van der Waals surface area contributed by atoms with Crippen molar-refractivity contribution in [1.29, 1.82) is 0 Å². The van der Waals surface area contributed by atoms with Crippen LogP contribution >= 0.6 is 0 Å². The highest BCUT2D eigenvalue weighted by Gasteiger charge is 2.04. The second-order valence-electron chi connectivity index (χ2n) is 3.09. The van der Waals surface area contributed by atoms with E-state index in [9.17, 15) is 5.11 Å². The van der Waals surface area contributed by atoms with Crippen LogP contribution in [0.15, 0.2) is 24.3 Å². The van der Waals surface area contributed by atoms with E-state index in [0.717, 1.165) is 11.3 Å². The summed E-state index contributed by atoms with van der Waals surface area (Å²) in [6.45, 7) is 4.40. The van der Waals surface area contributed by atoms with Crippen LogP contribution in [0.3, 0.4) is 0 Å². The molecule has 0 aliphatic carbocycles. The predicted molar refractivity (Wildman–Crippen MR) is 53.0 cm³/mol. The first-order chi connectivity index (χ1) is 6.24. The van der Waals surface area contributed by atoms with Gasteiger partial charge in [-0.05, 0) is 25.5 Å². The number of aliphatic hydroxyl groups is 1. The van der Waals surface area contributed by atoms with Gasteiger partial charge in [-0.25, -0.2) is 0 Å². The molecule has 0 aliphatic rings. The highest BCUT2D eigenvalue weighted by molar-refractivity contribution is 5.33. The molecule has 0 unspecified atom stereocenters. The zero-order chi connectivity index (χ0) is 9.68. The van der Waals surface area contributed by atoms with Crippen LogP contribution in [-0.2, 0) is 6.42 Å². The molecule has 0 saturated carbocycles. The van der Waals surface area contributed by atoms with Crippen molar-refractivity contribution in [3.63, 3.8) is 0 Å². The Hall–Kier alpha value is -1.02. The fraction of sp³-hybridized carbons (Fsp3) is 0.455. The zero-order valence-electron chi connectivity index (χ0n) is 8.16. The zero-order valence-corrected chi connectivity index (χ0v) is 8.16. The Morgan fingerprint density at radius 2 is 2.08 bits per heavy atom. The van der Waals surface area contributed by atoms with Gasteiger partial charge in [0.2, 0.25) is 0 Å². The van der Waals surface area contributed by atoms with Crippen molar-refractivity contribution in [3.05, 3.63) is 29.8 Å². The molecule has 0 amide bonds. The van der Waals surface area contributed by atoms with Crippen molar-refractivity contribution in [2.75, 3.05) is 6.61 Å². The van der Waals surface area contributed by atoms with Crippen molar-refractivity contribution in [1.82, 2.24) is 0 Å². The van der Waals surface area contributed by atoms with Crippen LogP contribution < -0.4 is 4.74 Å². The van der Waals surface area contributed by atoms with Crippen LogP contribution in [-0.4, -0.2) is 17.8 Å². The number of rotatable bonds is 4. The third-order valence-electron chi connectivity index (χ3n) is 1.79. The molecule has 0 radical (unpaired) electrons. The van der Waals surface area contributed by atoms with Crippen LogP contribution in [0.25, 0.3) is 0 Å². The molecule has 0 saturated heterocycles. The summed E-state index contributed by atoms with van der Waals surface area (Å²) in [6, 6.07) is 7.82. The SMILES string of the molecule is CCOc1ccccc1C[C@@H](C)O. The minimum absolute atomic E-state index is 0.318. The molecule has 72 valence electrons. The molecular formula is C11H16O2. The Balaban J connectivity index is 2.78. The van der Waals surface area contributed by atoms with Crippen molar-refractivity contribution in [2.45, 2.75) is 26.4 Å². The summed E-state index contributed by atoms with van der Waals surface area (Å²) in [5.74, 6) is 0.880. The van der Waals surface area contributed by atoms with Crippen molar-refractivity contribution < 1.29 is 9.84 Å². The average Bonchev–Trinajstić information content (AvgIpc) is 2.08. The molecule has 1 N–H and O–H groups in total. The lowest BCUT2D eigenvalue weighted by molar-refractivity contribution is 0.193. The maximum atomic E-state index is 9.24. The minimum atomic E-state index is -0.318. The molecule has 2 heteroatoms. The Kier molecular flexibility index (Phi) is 3.77. The van der Waals surface area contributed by atoms with E-state index in [2.05, 4.69) is 0 Å². The quantitative estimate of drug-likeness (QED) is 0.768. The van der Waals surface area contributed by atoms with E-state index in [1.165, 1.54) is 0 Å². The lowest BCUT2D eigenvalue weighted by Gasteiger charge is -2.10. The lowest BCUT2D eigenvalue weighted by Crippen LogP contribution is -2.06. The molecule has 0 spiro atoms. The fourth-order valence-corrected chi connectivity index (χ4v) is 1.29. The van der Waals surface area contributed by atoms with Crippen molar-refractivity contribution in [3.8, 4) is 5.75 Å². The van der Waals surface area contributed by atoms with E-state index in [-0.39, 0.29) is 6.10 Å². The largest absolute Gasteiger partial charge is 0.494 e. The lowest BCUT2D eigenvalue weighted by atomic mass is 10.1. The summed E-state index contributed by atoms with van der Waals surface area (Å²) >= 11 is 0. The molecule has 0 fully saturated rings. The highest BCUT2D eigenvalue weighted by Crippen LogP contribution is 2.19. The topological polar surface area (TPSA) is 29.5 Å². The number of ether oxygens (including phenoxy) is 1. The first-order valence-electron chi connectivity index (χ1n) is 4.62. The first kappa shape index (κ1) is 10.1. The number of benzene rings is 1. The third-order valence-corrected chi connectivity index (χ3v) is 1.79. The fourth-order valence-electron chi connectivity index (χ4n) is 1.29. The van der Waals surface area contributed by atoms with Crippen LogP contribution in [0, 0.1) is 0 Å². The van der Waals surface area contributed by atoms with Gasteiger partial charge in [-0.2, -0.15) is 0 Å². The normalized spacial score (nSPS) is 12.5. The van der Waals surface area contributed by atoms with Gasteiger partial charge in [-0.1, -0.05) is 18.2 Å². The predicted octanol–water partition coefficient (Wildman–Crippen LogP) is 2.01. The second kappa shape index (κ2) is 4.87. The van der Waals surface area contributed by atoms with E-state index < -0.39 is 0 Å². The maximum absolute atomic E-state index is 9.24. The van der Waals surface area contributed by atoms with Gasteiger partial charge < -0.3 is 9.84 Å². The summed E-state index contributed by atoms with van der Waals surface area (Å²) in [6.07, 6.45) is 0.331. The Morgan fingerprint density at radius 3 is 2.69 bits per heavy atom. The van der Waals surface area contributed by atoms with Gasteiger partial charge in [0.05, 0.1) is 12.7 Å². The molecule has 0 heterocycles. The monoisotopic (exact) mass is 180 g/mol. The highest BCUT2D eigenvalue weighted by atomic mass is 16.5. The molecule has 13 heavy (non-hydrogen) atoms. The molecule has 1 aromatic carbocycles. The van der Waals surface area contributed by atoms with Gasteiger partial charge in [-0.3, -0.25) is 0 Å². The van der Waals surface area contributed by atoms with Gasteiger partial charge in [-0.15, -0.1) is 0 Å². The van der Waals surface area contributed by atoms with Crippen LogP contribution in [0.5, 0.6) is 5.75 Å². The summed E-state index contributed by atoms with van der Waals surface area (Å²) < 4.78 is 5.43. The van der Waals surface area contributed by atoms with E-state index in [4.69, 9.17) is 4.74 Å². The molecule has 0 aromatic heterocycles. The number of hydrogen-bond acceptors (Lipinski definition) is 2. The molecule has 2 nitrogen and oxygen atoms in total.